The van der Waals surface area contributed by atoms with Gasteiger partial charge in [-0.25, -0.2) is 4.98 Å². The molecule has 0 saturated heterocycles. The van der Waals surface area contributed by atoms with Crippen molar-refractivity contribution in [1.29, 1.82) is 0 Å². The Morgan fingerprint density at radius 2 is 1.74 bits per heavy atom. The van der Waals surface area contributed by atoms with Crippen molar-refractivity contribution in [3.05, 3.63) is 69.7 Å². The summed E-state index contributed by atoms with van der Waals surface area (Å²) in [7, 11) is 3.32. The van der Waals surface area contributed by atoms with E-state index >= 15 is 0 Å². The fourth-order valence-electron chi connectivity index (χ4n) is 4.34. The van der Waals surface area contributed by atoms with Gasteiger partial charge in [0.15, 0.2) is 16.6 Å². The first kappa shape index (κ1) is 24.5. The molecule has 3 N–H and O–H groups in total. The van der Waals surface area contributed by atoms with Gasteiger partial charge >= 0.3 is 0 Å². The maximum absolute atomic E-state index is 5.40. The highest BCUT2D eigenvalue weighted by atomic mass is 32.1. The van der Waals surface area contributed by atoms with Crippen LogP contribution in [0, 0.1) is 0 Å². The number of hydrogen-bond donors (Lipinski definition) is 3. The predicted octanol–water partition coefficient (Wildman–Crippen LogP) is 4.92. The molecule has 1 unspecified atom stereocenters. The molecule has 0 bridgehead atoms. The van der Waals surface area contributed by atoms with Gasteiger partial charge in [-0.15, -0.1) is 11.3 Å². The summed E-state index contributed by atoms with van der Waals surface area (Å²) in [6.07, 6.45) is 4.56. The van der Waals surface area contributed by atoms with Crippen LogP contribution in [0.1, 0.15) is 47.0 Å². The number of benzene rings is 2. The first-order valence-electron chi connectivity index (χ1n) is 12.1. The number of ether oxygens (including phenoxy) is 2. The van der Waals surface area contributed by atoms with Gasteiger partial charge in [-0.1, -0.05) is 37.3 Å². The van der Waals surface area contributed by atoms with Crippen molar-refractivity contribution in [2.45, 2.75) is 58.3 Å². The molecular formula is C27H36N4O2S. The van der Waals surface area contributed by atoms with E-state index in [4.69, 9.17) is 14.5 Å². The van der Waals surface area contributed by atoms with Gasteiger partial charge in [0.25, 0.3) is 0 Å². The summed E-state index contributed by atoms with van der Waals surface area (Å²) in [6.45, 7) is 5.68. The van der Waals surface area contributed by atoms with Crippen LogP contribution >= 0.6 is 11.3 Å². The SMILES string of the molecule is CCCNC1CCc2nc(NCc3cccc(CNCc4ccc(OC)c(OC)c4)c3)sc2C1. The first-order valence-corrected chi connectivity index (χ1v) is 13.0. The molecule has 34 heavy (non-hydrogen) atoms. The third-order valence-corrected chi connectivity index (χ3v) is 7.24. The van der Waals surface area contributed by atoms with Gasteiger partial charge < -0.3 is 25.4 Å². The summed E-state index contributed by atoms with van der Waals surface area (Å²) in [6, 6.07) is 15.3. The van der Waals surface area contributed by atoms with E-state index in [9.17, 15) is 0 Å². The standard InChI is InChI=1S/C27H36N4O2S/c1-4-12-29-22-9-10-23-26(15-22)34-27(31-23)30-18-20-7-5-6-19(13-20)16-28-17-21-8-11-24(32-2)25(14-21)33-3/h5-8,11,13-14,22,28-29H,4,9-10,12,15-18H2,1-3H3,(H,30,31). The minimum absolute atomic E-state index is 0.601. The lowest BCUT2D eigenvalue weighted by atomic mass is 9.98. The van der Waals surface area contributed by atoms with Crippen molar-refractivity contribution in [2.75, 3.05) is 26.1 Å². The topological polar surface area (TPSA) is 67.4 Å². The quantitative estimate of drug-likeness (QED) is 0.342. The van der Waals surface area contributed by atoms with Crippen molar-refractivity contribution in [1.82, 2.24) is 15.6 Å². The molecule has 1 aromatic heterocycles. The first-order chi connectivity index (χ1) is 16.7. The monoisotopic (exact) mass is 480 g/mol. The van der Waals surface area contributed by atoms with Gasteiger partial charge in [-0.3, -0.25) is 0 Å². The third-order valence-electron chi connectivity index (χ3n) is 6.16. The van der Waals surface area contributed by atoms with Crippen LogP contribution in [0.15, 0.2) is 42.5 Å². The van der Waals surface area contributed by atoms with Crippen molar-refractivity contribution >= 4 is 16.5 Å². The Morgan fingerprint density at radius 3 is 2.50 bits per heavy atom. The van der Waals surface area contributed by atoms with Gasteiger partial charge in [0, 0.05) is 30.6 Å². The molecule has 7 heteroatoms. The summed E-state index contributed by atoms with van der Waals surface area (Å²) in [5, 5.41) is 11.8. The summed E-state index contributed by atoms with van der Waals surface area (Å²) in [4.78, 5) is 6.30. The number of methoxy groups -OCH3 is 2. The Kier molecular flexibility index (Phi) is 8.79. The Balaban J connectivity index is 1.27. The number of aromatic nitrogens is 1. The normalized spacial score (nSPS) is 15.1. The lowest BCUT2D eigenvalue weighted by molar-refractivity contribution is 0.354. The number of thiazole rings is 1. The molecule has 1 aliphatic rings. The van der Waals surface area contributed by atoms with E-state index in [0.717, 1.165) is 61.2 Å². The largest absolute Gasteiger partial charge is 0.493 e. The second kappa shape index (κ2) is 12.2. The van der Waals surface area contributed by atoms with Crippen molar-refractivity contribution in [2.24, 2.45) is 0 Å². The number of nitrogens with one attached hydrogen (secondary N) is 3. The summed E-state index contributed by atoms with van der Waals surface area (Å²) in [5.41, 5.74) is 4.98. The average molecular weight is 481 g/mol. The van der Waals surface area contributed by atoms with Gasteiger partial charge in [0.1, 0.15) is 0 Å². The summed E-state index contributed by atoms with van der Waals surface area (Å²) in [5.74, 6) is 1.51. The molecule has 1 heterocycles. The van der Waals surface area contributed by atoms with E-state index in [1.165, 1.54) is 34.5 Å². The molecule has 2 aromatic carbocycles. The maximum Gasteiger partial charge on any atom is 0.183 e. The second-order valence-corrected chi connectivity index (χ2v) is 9.83. The maximum atomic E-state index is 5.40. The molecule has 4 rings (SSSR count). The molecule has 0 spiro atoms. The molecule has 0 radical (unpaired) electrons. The van der Waals surface area contributed by atoms with E-state index in [1.54, 1.807) is 14.2 Å². The summed E-state index contributed by atoms with van der Waals surface area (Å²) >= 11 is 1.82. The lowest BCUT2D eigenvalue weighted by Gasteiger charge is -2.21. The van der Waals surface area contributed by atoms with Crippen molar-refractivity contribution < 1.29 is 9.47 Å². The van der Waals surface area contributed by atoms with Crippen LogP contribution in [0.25, 0.3) is 0 Å². The molecular weight excluding hydrogens is 444 g/mol. The van der Waals surface area contributed by atoms with Crippen LogP contribution in [-0.2, 0) is 32.5 Å². The van der Waals surface area contributed by atoms with Crippen LogP contribution in [0.2, 0.25) is 0 Å². The van der Waals surface area contributed by atoms with Crippen LogP contribution in [0.4, 0.5) is 5.13 Å². The van der Waals surface area contributed by atoms with E-state index in [0.29, 0.717) is 6.04 Å². The zero-order valence-electron chi connectivity index (χ0n) is 20.4. The molecule has 1 atom stereocenters. The highest BCUT2D eigenvalue weighted by Gasteiger charge is 2.22. The van der Waals surface area contributed by atoms with E-state index < -0.39 is 0 Å². The highest BCUT2D eigenvalue weighted by Crippen LogP contribution is 2.30. The second-order valence-electron chi connectivity index (χ2n) is 8.75. The molecule has 0 amide bonds. The molecule has 182 valence electrons. The minimum atomic E-state index is 0.601. The van der Waals surface area contributed by atoms with E-state index in [1.807, 2.05) is 23.5 Å². The van der Waals surface area contributed by atoms with Gasteiger partial charge in [-0.05, 0) is 61.1 Å². The average Bonchev–Trinajstić information content (AvgIpc) is 3.28. The zero-order chi connectivity index (χ0) is 23.8. The Morgan fingerprint density at radius 1 is 0.971 bits per heavy atom. The van der Waals surface area contributed by atoms with Gasteiger partial charge in [0.05, 0.1) is 19.9 Å². The number of hydrogen-bond acceptors (Lipinski definition) is 7. The van der Waals surface area contributed by atoms with E-state index in [2.05, 4.69) is 53.2 Å². The lowest BCUT2D eigenvalue weighted by Crippen LogP contribution is -2.34. The molecule has 1 aliphatic carbocycles. The number of rotatable bonds is 12. The van der Waals surface area contributed by atoms with E-state index in [-0.39, 0.29) is 0 Å². The van der Waals surface area contributed by atoms with Crippen molar-refractivity contribution in [3.8, 4) is 11.5 Å². The fourth-order valence-corrected chi connectivity index (χ4v) is 5.43. The molecule has 6 nitrogen and oxygen atoms in total. The minimum Gasteiger partial charge on any atom is -0.493 e. The molecule has 0 saturated carbocycles. The van der Waals surface area contributed by atoms with Crippen LogP contribution in [0.5, 0.6) is 11.5 Å². The van der Waals surface area contributed by atoms with Gasteiger partial charge in [0.2, 0.25) is 0 Å². The van der Waals surface area contributed by atoms with Crippen LogP contribution in [-0.4, -0.2) is 31.8 Å². The molecule has 3 aromatic rings. The van der Waals surface area contributed by atoms with Crippen LogP contribution < -0.4 is 25.4 Å². The number of nitrogens with zero attached hydrogens (tertiary/aromatic N) is 1. The smallest absolute Gasteiger partial charge is 0.183 e. The fraction of sp³-hybridized carbons (Fsp3) is 0.444. The van der Waals surface area contributed by atoms with Crippen molar-refractivity contribution in [3.63, 3.8) is 0 Å². The Hall–Kier alpha value is -2.61. The Labute approximate surface area is 207 Å². The van der Waals surface area contributed by atoms with Crippen LogP contribution in [0.3, 0.4) is 0 Å². The summed E-state index contributed by atoms with van der Waals surface area (Å²) < 4.78 is 10.7. The van der Waals surface area contributed by atoms with Gasteiger partial charge in [-0.2, -0.15) is 0 Å². The Bertz CT molecular complexity index is 1070. The number of fused-ring (bicyclic) bond motifs is 1. The predicted molar refractivity (Wildman–Crippen MR) is 140 cm³/mol. The highest BCUT2D eigenvalue weighted by molar-refractivity contribution is 7.15. The molecule has 0 aliphatic heterocycles. The zero-order valence-corrected chi connectivity index (χ0v) is 21.3. The molecule has 0 fully saturated rings. The third kappa shape index (κ3) is 6.50. The number of anilines is 1. The number of aryl methyl sites for hydroxylation is 1.